The first-order valence-electron chi connectivity index (χ1n) is 10.4. The Morgan fingerprint density at radius 1 is 1.06 bits per heavy atom. The van der Waals surface area contributed by atoms with Crippen LogP contribution in [-0.4, -0.2) is 53.8 Å². The number of anilines is 1. The molecule has 10 heteroatoms. The maximum absolute atomic E-state index is 12.5. The van der Waals surface area contributed by atoms with Gasteiger partial charge >= 0.3 is 11.9 Å². The normalized spacial score (nSPS) is 13.5. The average molecular weight is 473 g/mol. The van der Waals surface area contributed by atoms with Crippen molar-refractivity contribution in [1.82, 2.24) is 4.90 Å². The van der Waals surface area contributed by atoms with Crippen molar-refractivity contribution in [3.8, 4) is 0 Å². The van der Waals surface area contributed by atoms with Crippen LogP contribution in [-0.2, 0) is 25.5 Å². The molecule has 0 spiro atoms. The van der Waals surface area contributed by atoms with Crippen molar-refractivity contribution in [3.63, 3.8) is 0 Å². The number of thiophene rings is 1. The largest absolute Gasteiger partial charge is 0.462 e. The number of hydrogen-bond acceptors (Lipinski definition) is 8. The highest BCUT2D eigenvalue weighted by Gasteiger charge is 2.41. The Kier molecular flexibility index (Phi) is 7.27. The van der Waals surface area contributed by atoms with E-state index in [-0.39, 0.29) is 17.7 Å². The second-order valence-corrected chi connectivity index (χ2v) is 8.50. The van der Waals surface area contributed by atoms with Gasteiger partial charge in [0.2, 0.25) is 0 Å². The second-order valence-electron chi connectivity index (χ2n) is 7.27. The minimum absolute atomic E-state index is 0.192. The van der Waals surface area contributed by atoms with Crippen molar-refractivity contribution >= 4 is 46.0 Å². The van der Waals surface area contributed by atoms with Gasteiger partial charge in [0.1, 0.15) is 11.0 Å². The Labute approximate surface area is 194 Å². The number of carbonyl (C=O) groups excluding carboxylic acids is 5. The first-order valence-corrected chi connectivity index (χ1v) is 11.3. The molecular formula is C23H24N2O7S. The van der Waals surface area contributed by atoms with Crippen LogP contribution in [0, 0.1) is 6.92 Å². The van der Waals surface area contributed by atoms with Crippen molar-refractivity contribution in [1.29, 1.82) is 0 Å². The van der Waals surface area contributed by atoms with Crippen LogP contribution in [0.1, 0.15) is 62.3 Å². The summed E-state index contributed by atoms with van der Waals surface area (Å²) in [6.07, 6.45) is 0.582. The van der Waals surface area contributed by atoms with Gasteiger partial charge in [0.15, 0.2) is 6.61 Å². The summed E-state index contributed by atoms with van der Waals surface area (Å²) in [6, 6.07) is 5.06. The number of hydrogen-bond donors (Lipinski definition) is 1. The molecule has 1 aromatic carbocycles. The molecule has 9 nitrogen and oxygen atoms in total. The van der Waals surface area contributed by atoms with E-state index in [4.69, 9.17) is 9.47 Å². The second kappa shape index (κ2) is 9.95. The van der Waals surface area contributed by atoms with Gasteiger partial charge in [0.25, 0.3) is 17.7 Å². The van der Waals surface area contributed by atoms with E-state index in [2.05, 4.69) is 5.32 Å². The fourth-order valence-electron chi connectivity index (χ4n) is 3.60. The van der Waals surface area contributed by atoms with E-state index in [1.807, 2.05) is 13.8 Å². The maximum Gasteiger partial charge on any atom is 0.341 e. The number of esters is 2. The van der Waals surface area contributed by atoms with Crippen LogP contribution in [0.2, 0.25) is 0 Å². The molecular weight excluding hydrogens is 448 g/mol. The molecule has 1 aliphatic heterocycles. The minimum Gasteiger partial charge on any atom is -0.462 e. The lowest BCUT2D eigenvalue weighted by molar-refractivity contribution is -0.150. The van der Waals surface area contributed by atoms with Crippen molar-refractivity contribution in [2.45, 2.75) is 40.2 Å². The number of amides is 3. The summed E-state index contributed by atoms with van der Waals surface area (Å²) < 4.78 is 10.1. The summed E-state index contributed by atoms with van der Waals surface area (Å²) in [5, 5.41) is 2.91. The topological polar surface area (TPSA) is 119 Å². The summed E-state index contributed by atoms with van der Waals surface area (Å²) >= 11 is 1.23. The minimum atomic E-state index is -1.21. The lowest BCUT2D eigenvalue weighted by atomic mass is 10.1. The molecule has 3 rings (SSSR count). The number of nitrogens with one attached hydrogen (secondary N) is 1. The molecule has 174 valence electrons. The summed E-state index contributed by atoms with van der Waals surface area (Å²) in [6.45, 7) is 6.33. The lowest BCUT2D eigenvalue weighted by Crippen LogP contribution is -2.44. The third-order valence-electron chi connectivity index (χ3n) is 5.19. The van der Waals surface area contributed by atoms with E-state index in [9.17, 15) is 24.0 Å². The molecule has 0 radical (unpaired) electrons. The van der Waals surface area contributed by atoms with E-state index in [1.54, 1.807) is 19.1 Å². The summed E-state index contributed by atoms with van der Waals surface area (Å²) in [5.41, 5.74) is 1.50. The number of benzene rings is 1. The quantitative estimate of drug-likeness (QED) is 0.463. The van der Waals surface area contributed by atoms with Crippen molar-refractivity contribution < 1.29 is 33.4 Å². The van der Waals surface area contributed by atoms with Crippen molar-refractivity contribution in [3.05, 3.63) is 51.4 Å². The summed E-state index contributed by atoms with van der Waals surface area (Å²) in [7, 11) is 0. The highest BCUT2D eigenvalue weighted by Crippen LogP contribution is 2.34. The number of ether oxygens (including phenoxy) is 2. The molecule has 2 aromatic rings. The molecule has 1 atom stereocenters. The zero-order valence-electron chi connectivity index (χ0n) is 18.7. The van der Waals surface area contributed by atoms with E-state index in [1.165, 1.54) is 30.4 Å². The fourth-order valence-corrected chi connectivity index (χ4v) is 4.75. The van der Waals surface area contributed by atoms with Crippen molar-refractivity contribution in [2.24, 2.45) is 0 Å². The summed E-state index contributed by atoms with van der Waals surface area (Å²) in [5.74, 6) is -3.28. The average Bonchev–Trinajstić information content (AvgIpc) is 3.24. The van der Waals surface area contributed by atoms with Crippen LogP contribution in [0.5, 0.6) is 0 Å². The van der Waals surface area contributed by atoms with Gasteiger partial charge in [0.05, 0.1) is 23.3 Å². The zero-order chi connectivity index (χ0) is 24.3. The van der Waals surface area contributed by atoms with Crippen LogP contribution >= 0.6 is 11.3 Å². The third kappa shape index (κ3) is 4.65. The van der Waals surface area contributed by atoms with E-state index in [0.29, 0.717) is 17.0 Å². The van der Waals surface area contributed by atoms with Gasteiger partial charge in [-0.15, -0.1) is 11.3 Å². The first-order chi connectivity index (χ1) is 15.7. The van der Waals surface area contributed by atoms with Gasteiger partial charge in [-0.2, -0.15) is 0 Å². The zero-order valence-corrected chi connectivity index (χ0v) is 19.5. The molecule has 0 saturated heterocycles. The van der Waals surface area contributed by atoms with Crippen LogP contribution in [0.25, 0.3) is 0 Å². The molecule has 1 aromatic heterocycles. The van der Waals surface area contributed by atoms with E-state index in [0.717, 1.165) is 15.3 Å². The number of imide groups is 1. The van der Waals surface area contributed by atoms with Crippen LogP contribution < -0.4 is 5.32 Å². The third-order valence-corrected chi connectivity index (χ3v) is 6.26. The molecule has 1 unspecified atom stereocenters. The molecule has 1 aliphatic rings. The molecule has 0 fully saturated rings. The lowest BCUT2D eigenvalue weighted by Gasteiger charge is -2.20. The SMILES string of the molecule is CCOC(=O)c1c(NC(=O)COC(=O)C(C)N2C(=O)c3ccccc3C2=O)sc(C)c1CC. The molecule has 33 heavy (non-hydrogen) atoms. The molecule has 2 heterocycles. The highest BCUT2D eigenvalue weighted by molar-refractivity contribution is 7.16. The number of aryl methyl sites for hydroxylation is 1. The Balaban J connectivity index is 1.65. The van der Waals surface area contributed by atoms with Gasteiger partial charge < -0.3 is 14.8 Å². The van der Waals surface area contributed by atoms with Gasteiger partial charge in [-0.25, -0.2) is 9.59 Å². The van der Waals surface area contributed by atoms with E-state index >= 15 is 0 Å². The standard InChI is InChI=1S/C23H24N2O7S/c1-5-14-13(4)33-19(18(14)23(30)31-6-2)24-17(26)11-32-22(29)12(3)25-20(27)15-9-7-8-10-16(15)21(25)28/h7-10,12H,5-6,11H2,1-4H3,(H,24,26). The Morgan fingerprint density at radius 3 is 2.21 bits per heavy atom. The highest BCUT2D eigenvalue weighted by atomic mass is 32.1. The molecule has 0 saturated carbocycles. The number of carbonyl (C=O) groups is 5. The number of rotatable bonds is 8. The Hall–Kier alpha value is -3.53. The number of fused-ring (bicyclic) bond motifs is 1. The molecule has 3 amide bonds. The predicted octanol–water partition coefficient (Wildman–Crippen LogP) is 2.96. The maximum atomic E-state index is 12.5. The van der Waals surface area contributed by atoms with Crippen molar-refractivity contribution in [2.75, 3.05) is 18.5 Å². The van der Waals surface area contributed by atoms with Gasteiger partial charge in [-0.3, -0.25) is 19.3 Å². The van der Waals surface area contributed by atoms with E-state index < -0.39 is 42.3 Å². The smallest absolute Gasteiger partial charge is 0.341 e. The van der Waals surface area contributed by atoms with Crippen LogP contribution in [0.15, 0.2) is 24.3 Å². The molecule has 1 N–H and O–H groups in total. The predicted molar refractivity (Wildman–Crippen MR) is 120 cm³/mol. The van der Waals surface area contributed by atoms with Crippen LogP contribution in [0.4, 0.5) is 5.00 Å². The molecule has 0 bridgehead atoms. The number of nitrogens with zero attached hydrogens (tertiary/aromatic N) is 1. The summed E-state index contributed by atoms with van der Waals surface area (Å²) in [4.78, 5) is 64.0. The van der Waals surface area contributed by atoms with Gasteiger partial charge in [0, 0.05) is 4.88 Å². The Bertz CT molecular complexity index is 1100. The van der Waals surface area contributed by atoms with Gasteiger partial charge in [-0.05, 0) is 44.9 Å². The fraction of sp³-hybridized carbons (Fsp3) is 0.348. The monoisotopic (exact) mass is 472 g/mol. The van der Waals surface area contributed by atoms with Crippen LogP contribution in [0.3, 0.4) is 0 Å². The first kappa shape index (κ1) is 24.1. The molecule has 0 aliphatic carbocycles. The Morgan fingerprint density at radius 2 is 1.67 bits per heavy atom. The van der Waals surface area contributed by atoms with Gasteiger partial charge in [-0.1, -0.05) is 19.1 Å².